The highest BCUT2D eigenvalue weighted by atomic mass is 32.2. The van der Waals surface area contributed by atoms with Crippen LogP contribution in [0.2, 0.25) is 0 Å². The molecule has 0 spiro atoms. The van der Waals surface area contributed by atoms with E-state index in [2.05, 4.69) is 15.2 Å². The van der Waals surface area contributed by atoms with Gasteiger partial charge in [-0.1, -0.05) is 29.6 Å². The highest BCUT2D eigenvalue weighted by Crippen LogP contribution is 2.31. The summed E-state index contributed by atoms with van der Waals surface area (Å²) in [5.74, 6) is -1.65. The van der Waals surface area contributed by atoms with Gasteiger partial charge in [0.15, 0.2) is 11.0 Å². The number of nitrogens with zero attached hydrogens (tertiary/aromatic N) is 4. The van der Waals surface area contributed by atoms with E-state index >= 15 is 0 Å². The van der Waals surface area contributed by atoms with Crippen molar-refractivity contribution in [3.8, 4) is 17.1 Å². The summed E-state index contributed by atoms with van der Waals surface area (Å²) in [6, 6.07) is 16.6. The molecule has 0 saturated carbocycles. The highest BCUT2D eigenvalue weighted by Gasteiger charge is 2.17. The van der Waals surface area contributed by atoms with Gasteiger partial charge < -0.3 is 0 Å². The molecule has 0 bridgehead atoms. The van der Waals surface area contributed by atoms with Gasteiger partial charge in [-0.3, -0.25) is 9.55 Å². The molecule has 2 aromatic heterocycles. The van der Waals surface area contributed by atoms with Crippen molar-refractivity contribution < 1.29 is 13.2 Å². The first kappa shape index (κ1) is 20.5. The molecule has 0 amide bonds. The first-order valence-corrected chi connectivity index (χ1v) is 10.7. The van der Waals surface area contributed by atoms with Crippen LogP contribution in [0.25, 0.3) is 17.1 Å². The van der Waals surface area contributed by atoms with E-state index < -0.39 is 5.76 Å². The Bertz CT molecular complexity index is 1100. The third kappa shape index (κ3) is 4.85. The maximum atomic E-state index is 13.4. The summed E-state index contributed by atoms with van der Waals surface area (Å²) in [7, 11) is 0. The monoisotopic (exact) mass is 444 g/mol. The van der Waals surface area contributed by atoms with E-state index in [-0.39, 0.29) is 5.82 Å². The van der Waals surface area contributed by atoms with Gasteiger partial charge in [0, 0.05) is 34.3 Å². The lowest BCUT2D eigenvalue weighted by Gasteiger charge is -2.11. The SMILES string of the molecule is Fc1ccc(-c2nnc(SCc3cccnc3)n2-c2ccc(SC(F)F)cc2)cc1. The van der Waals surface area contributed by atoms with Crippen LogP contribution in [0.1, 0.15) is 5.56 Å². The molecule has 4 rings (SSSR count). The molecule has 2 heterocycles. The molecule has 0 fully saturated rings. The zero-order valence-electron chi connectivity index (χ0n) is 15.5. The Balaban J connectivity index is 1.70. The average molecular weight is 445 g/mol. The molecule has 4 nitrogen and oxygen atoms in total. The summed E-state index contributed by atoms with van der Waals surface area (Å²) >= 11 is 1.97. The number of thioether (sulfide) groups is 2. The molecule has 30 heavy (non-hydrogen) atoms. The van der Waals surface area contributed by atoms with E-state index in [0.717, 1.165) is 11.3 Å². The van der Waals surface area contributed by atoms with Crippen LogP contribution in [0.4, 0.5) is 13.2 Å². The second-order valence-corrected chi connectivity index (χ2v) is 8.18. The van der Waals surface area contributed by atoms with Crippen molar-refractivity contribution in [1.29, 1.82) is 0 Å². The highest BCUT2D eigenvalue weighted by molar-refractivity contribution is 7.99. The summed E-state index contributed by atoms with van der Waals surface area (Å²) < 4.78 is 40.5. The molecule has 0 N–H and O–H groups in total. The summed E-state index contributed by atoms with van der Waals surface area (Å²) in [4.78, 5) is 4.58. The van der Waals surface area contributed by atoms with E-state index in [1.165, 1.54) is 23.9 Å². The lowest BCUT2D eigenvalue weighted by atomic mass is 10.2. The zero-order valence-corrected chi connectivity index (χ0v) is 17.1. The molecular weight excluding hydrogens is 429 g/mol. The predicted octanol–water partition coefficient (Wildman–Crippen LogP) is 6.08. The van der Waals surface area contributed by atoms with Crippen molar-refractivity contribution in [3.05, 3.63) is 84.4 Å². The molecular formula is C21H15F3N4S2. The minimum Gasteiger partial charge on any atom is -0.270 e. The molecule has 0 unspecified atom stereocenters. The Morgan fingerprint density at radius 2 is 1.70 bits per heavy atom. The number of hydrogen-bond donors (Lipinski definition) is 0. The fourth-order valence-electron chi connectivity index (χ4n) is 2.79. The third-order valence-corrected chi connectivity index (χ3v) is 5.87. The van der Waals surface area contributed by atoms with Crippen molar-refractivity contribution in [3.63, 3.8) is 0 Å². The molecule has 4 aromatic rings. The summed E-state index contributed by atoms with van der Waals surface area (Å²) in [6.45, 7) is 0. The minimum absolute atomic E-state index is 0.343. The number of rotatable bonds is 7. The molecule has 2 aromatic carbocycles. The van der Waals surface area contributed by atoms with Gasteiger partial charge in [-0.25, -0.2) is 4.39 Å². The van der Waals surface area contributed by atoms with Crippen LogP contribution >= 0.6 is 23.5 Å². The van der Waals surface area contributed by atoms with E-state index in [1.54, 1.807) is 48.8 Å². The lowest BCUT2D eigenvalue weighted by Crippen LogP contribution is -2.00. The van der Waals surface area contributed by atoms with E-state index in [0.29, 0.717) is 39.0 Å². The summed E-state index contributed by atoms with van der Waals surface area (Å²) in [5, 5.41) is 9.25. The van der Waals surface area contributed by atoms with E-state index in [9.17, 15) is 13.2 Å². The molecule has 0 aliphatic rings. The van der Waals surface area contributed by atoms with Crippen molar-refractivity contribution in [1.82, 2.24) is 19.7 Å². The maximum absolute atomic E-state index is 13.4. The second kappa shape index (κ2) is 9.36. The summed E-state index contributed by atoms with van der Waals surface area (Å²) in [5.41, 5.74) is 2.46. The molecule has 0 atom stereocenters. The Labute approximate surface area is 179 Å². The van der Waals surface area contributed by atoms with Gasteiger partial charge >= 0.3 is 0 Å². The Kier molecular flexibility index (Phi) is 6.39. The standard InChI is InChI=1S/C21H15F3N4S2/c22-16-5-3-15(4-6-16)19-26-27-21(29-13-14-2-1-11-25-12-14)28(19)17-7-9-18(10-8-17)30-20(23)24/h1-12,20H,13H2. The molecule has 0 aliphatic heterocycles. The van der Waals surface area contributed by atoms with Crippen LogP contribution in [-0.2, 0) is 5.75 Å². The molecule has 152 valence electrons. The number of benzene rings is 2. The van der Waals surface area contributed by atoms with Crippen molar-refractivity contribution >= 4 is 23.5 Å². The van der Waals surface area contributed by atoms with Gasteiger partial charge in [0.1, 0.15) is 5.82 Å². The molecule has 9 heteroatoms. The summed E-state index contributed by atoms with van der Waals surface area (Å²) in [6.07, 6.45) is 3.49. The van der Waals surface area contributed by atoms with Crippen LogP contribution in [0.3, 0.4) is 0 Å². The van der Waals surface area contributed by atoms with Crippen LogP contribution in [-0.4, -0.2) is 25.5 Å². The molecule has 0 radical (unpaired) electrons. The fourth-order valence-corrected chi connectivity index (χ4v) is 4.18. The van der Waals surface area contributed by atoms with Gasteiger partial charge in [0.25, 0.3) is 5.76 Å². The normalized spacial score (nSPS) is 11.2. The van der Waals surface area contributed by atoms with Crippen molar-refractivity contribution in [2.75, 3.05) is 0 Å². The Morgan fingerprint density at radius 3 is 2.37 bits per heavy atom. The predicted molar refractivity (Wildman–Crippen MR) is 112 cm³/mol. The van der Waals surface area contributed by atoms with Crippen molar-refractivity contribution in [2.24, 2.45) is 0 Å². The van der Waals surface area contributed by atoms with Gasteiger partial charge in [-0.2, -0.15) is 8.78 Å². The van der Waals surface area contributed by atoms with Gasteiger partial charge in [0.05, 0.1) is 0 Å². The Hall–Kier alpha value is -2.78. The van der Waals surface area contributed by atoms with Crippen LogP contribution in [0.5, 0.6) is 0 Å². The van der Waals surface area contributed by atoms with Crippen LogP contribution in [0.15, 0.2) is 83.1 Å². The van der Waals surface area contributed by atoms with Gasteiger partial charge in [-0.05, 0) is 60.2 Å². The topological polar surface area (TPSA) is 43.6 Å². The molecule has 0 saturated heterocycles. The zero-order chi connectivity index (χ0) is 20.9. The number of hydrogen-bond acceptors (Lipinski definition) is 5. The molecule has 0 aliphatic carbocycles. The third-order valence-electron chi connectivity index (χ3n) is 4.15. The fraction of sp³-hybridized carbons (Fsp3) is 0.0952. The first-order valence-electron chi connectivity index (χ1n) is 8.88. The van der Waals surface area contributed by atoms with Crippen molar-refractivity contribution in [2.45, 2.75) is 21.6 Å². The van der Waals surface area contributed by atoms with Gasteiger partial charge in [0.2, 0.25) is 0 Å². The Morgan fingerprint density at radius 1 is 0.933 bits per heavy atom. The number of alkyl halides is 2. The van der Waals surface area contributed by atoms with E-state index in [1.807, 2.05) is 16.7 Å². The minimum atomic E-state index is -2.48. The smallest absolute Gasteiger partial charge is 0.270 e. The van der Waals surface area contributed by atoms with Crippen LogP contribution < -0.4 is 0 Å². The number of pyridine rings is 1. The quantitative estimate of drug-likeness (QED) is 0.324. The largest absolute Gasteiger partial charge is 0.288 e. The number of halogens is 3. The van der Waals surface area contributed by atoms with Gasteiger partial charge in [-0.15, -0.1) is 10.2 Å². The lowest BCUT2D eigenvalue weighted by molar-refractivity contribution is 0.252. The second-order valence-electron chi connectivity index (χ2n) is 6.17. The maximum Gasteiger partial charge on any atom is 0.288 e. The van der Waals surface area contributed by atoms with Crippen LogP contribution in [0, 0.1) is 5.82 Å². The first-order chi connectivity index (χ1) is 14.6. The average Bonchev–Trinajstić information content (AvgIpc) is 3.17. The van der Waals surface area contributed by atoms with E-state index in [4.69, 9.17) is 0 Å². The number of aromatic nitrogens is 4.